The Labute approximate surface area is 127 Å². The van der Waals surface area contributed by atoms with E-state index in [9.17, 15) is 9.18 Å². The fraction of sp³-hybridized carbons (Fsp3) is 0.533. The van der Waals surface area contributed by atoms with Crippen LogP contribution < -0.4 is 10.1 Å². The molecule has 2 atom stereocenters. The van der Waals surface area contributed by atoms with Crippen LogP contribution >= 0.6 is 15.9 Å². The Morgan fingerprint density at radius 2 is 2.20 bits per heavy atom. The van der Waals surface area contributed by atoms with E-state index in [0.717, 1.165) is 19.3 Å². The Morgan fingerprint density at radius 3 is 2.90 bits per heavy atom. The number of hydrogen-bond donors (Lipinski definition) is 1. The fourth-order valence-corrected chi connectivity index (χ4v) is 2.85. The SMILES string of the molecule is CC1CCCCC1NC(=O)COc1ccc(Br)cc1F. The summed E-state index contributed by atoms with van der Waals surface area (Å²) in [7, 11) is 0. The van der Waals surface area contributed by atoms with E-state index in [1.165, 1.54) is 18.6 Å². The summed E-state index contributed by atoms with van der Waals surface area (Å²) in [5.41, 5.74) is 0. The first-order valence-electron chi connectivity index (χ1n) is 6.93. The molecule has 1 aliphatic carbocycles. The van der Waals surface area contributed by atoms with Crippen molar-refractivity contribution in [3.8, 4) is 5.75 Å². The Morgan fingerprint density at radius 1 is 1.45 bits per heavy atom. The van der Waals surface area contributed by atoms with E-state index < -0.39 is 5.82 Å². The number of ether oxygens (including phenoxy) is 1. The smallest absolute Gasteiger partial charge is 0.258 e. The van der Waals surface area contributed by atoms with Gasteiger partial charge >= 0.3 is 0 Å². The highest BCUT2D eigenvalue weighted by molar-refractivity contribution is 9.10. The molecule has 1 aromatic rings. The van der Waals surface area contributed by atoms with Gasteiger partial charge in [-0.3, -0.25) is 4.79 Å². The zero-order chi connectivity index (χ0) is 14.5. The fourth-order valence-electron chi connectivity index (χ4n) is 2.51. The molecule has 5 heteroatoms. The Hall–Kier alpha value is -1.10. The van der Waals surface area contributed by atoms with Gasteiger partial charge in [-0.05, 0) is 37.0 Å². The summed E-state index contributed by atoms with van der Waals surface area (Å²) in [5, 5.41) is 2.97. The maximum Gasteiger partial charge on any atom is 0.258 e. The predicted octanol–water partition coefficient (Wildman–Crippen LogP) is 3.66. The number of amides is 1. The average Bonchev–Trinajstić information content (AvgIpc) is 2.40. The summed E-state index contributed by atoms with van der Waals surface area (Å²) >= 11 is 3.17. The van der Waals surface area contributed by atoms with Gasteiger partial charge in [0.2, 0.25) is 0 Å². The lowest BCUT2D eigenvalue weighted by molar-refractivity contribution is -0.124. The maximum atomic E-state index is 13.5. The van der Waals surface area contributed by atoms with Crippen molar-refractivity contribution in [1.29, 1.82) is 0 Å². The minimum absolute atomic E-state index is 0.0973. The van der Waals surface area contributed by atoms with E-state index >= 15 is 0 Å². The van der Waals surface area contributed by atoms with Gasteiger partial charge in [0.25, 0.3) is 5.91 Å². The van der Waals surface area contributed by atoms with Crippen LogP contribution in [0.3, 0.4) is 0 Å². The molecule has 2 rings (SSSR count). The van der Waals surface area contributed by atoms with Crippen molar-refractivity contribution in [2.75, 3.05) is 6.61 Å². The number of halogens is 2. The molecule has 1 aromatic carbocycles. The quantitative estimate of drug-likeness (QED) is 0.905. The molecule has 110 valence electrons. The second-order valence-electron chi connectivity index (χ2n) is 5.30. The lowest BCUT2D eigenvalue weighted by Gasteiger charge is -2.29. The van der Waals surface area contributed by atoms with Crippen LogP contribution in [0.4, 0.5) is 4.39 Å². The minimum Gasteiger partial charge on any atom is -0.481 e. The molecule has 1 fully saturated rings. The Balaban J connectivity index is 1.82. The standard InChI is InChI=1S/C15H19BrFNO2/c1-10-4-2-3-5-13(10)18-15(19)9-20-14-7-6-11(16)8-12(14)17/h6-8,10,13H,2-5,9H2,1H3,(H,18,19). The van der Waals surface area contributed by atoms with Crippen molar-refractivity contribution in [2.24, 2.45) is 5.92 Å². The van der Waals surface area contributed by atoms with Gasteiger partial charge in [0, 0.05) is 10.5 Å². The van der Waals surface area contributed by atoms with Gasteiger partial charge in [-0.15, -0.1) is 0 Å². The van der Waals surface area contributed by atoms with Gasteiger partial charge in [-0.1, -0.05) is 35.7 Å². The second-order valence-corrected chi connectivity index (χ2v) is 6.21. The molecule has 0 aromatic heterocycles. The van der Waals surface area contributed by atoms with E-state index in [1.54, 1.807) is 6.07 Å². The van der Waals surface area contributed by atoms with Gasteiger partial charge in [0.05, 0.1) is 0 Å². The molecule has 1 N–H and O–H groups in total. The van der Waals surface area contributed by atoms with Gasteiger partial charge < -0.3 is 10.1 Å². The molecular formula is C15H19BrFNO2. The topological polar surface area (TPSA) is 38.3 Å². The third kappa shape index (κ3) is 4.20. The summed E-state index contributed by atoms with van der Waals surface area (Å²) in [5.74, 6) is -0.0681. The maximum absolute atomic E-state index is 13.5. The third-order valence-corrected chi connectivity index (χ3v) is 4.20. The second kappa shape index (κ2) is 7.07. The summed E-state index contributed by atoms with van der Waals surface area (Å²) in [6.07, 6.45) is 4.54. The molecule has 1 amide bonds. The van der Waals surface area contributed by atoms with Crippen LogP contribution in [0.25, 0.3) is 0 Å². The number of nitrogens with one attached hydrogen (secondary N) is 1. The Bertz CT molecular complexity index is 481. The van der Waals surface area contributed by atoms with Crippen LogP contribution in [-0.2, 0) is 4.79 Å². The van der Waals surface area contributed by atoms with E-state index in [4.69, 9.17) is 4.74 Å². The normalized spacial score (nSPS) is 22.4. The first kappa shape index (κ1) is 15.3. The molecule has 1 aliphatic rings. The number of carbonyl (C=O) groups is 1. The van der Waals surface area contributed by atoms with Crippen LogP contribution in [-0.4, -0.2) is 18.6 Å². The predicted molar refractivity (Wildman–Crippen MR) is 79.2 cm³/mol. The van der Waals surface area contributed by atoms with Crippen LogP contribution in [0.2, 0.25) is 0 Å². The molecule has 0 heterocycles. The summed E-state index contributed by atoms with van der Waals surface area (Å²) in [4.78, 5) is 11.8. The number of hydrogen-bond acceptors (Lipinski definition) is 2. The van der Waals surface area contributed by atoms with Crippen molar-refractivity contribution in [2.45, 2.75) is 38.6 Å². The van der Waals surface area contributed by atoms with E-state index in [0.29, 0.717) is 10.4 Å². The molecule has 0 bridgehead atoms. The van der Waals surface area contributed by atoms with E-state index in [-0.39, 0.29) is 24.3 Å². The number of rotatable bonds is 4. The lowest BCUT2D eigenvalue weighted by Crippen LogP contribution is -2.43. The molecule has 1 saturated carbocycles. The van der Waals surface area contributed by atoms with Crippen molar-refractivity contribution in [3.05, 3.63) is 28.5 Å². The Kier molecular flexibility index (Phi) is 5.40. The van der Waals surface area contributed by atoms with Crippen LogP contribution in [0.1, 0.15) is 32.6 Å². The summed E-state index contributed by atoms with van der Waals surface area (Å²) in [6, 6.07) is 4.72. The van der Waals surface area contributed by atoms with Crippen molar-refractivity contribution in [1.82, 2.24) is 5.32 Å². The minimum atomic E-state index is -0.474. The zero-order valence-electron chi connectivity index (χ0n) is 11.5. The monoisotopic (exact) mass is 343 g/mol. The molecule has 0 spiro atoms. The highest BCUT2D eigenvalue weighted by Crippen LogP contribution is 2.24. The van der Waals surface area contributed by atoms with Crippen LogP contribution in [0, 0.1) is 11.7 Å². The van der Waals surface area contributed by atoms with E-state index in [2.05, 4.69) is 28.2 Å². The summed E-state index contributed by atoms with van der Waals surface area (Å²) in [6.45, 7) is 2.00. The van der Waals surface area contributed by atoms with Gasteiger partial charge in [-0.25, -0.2) is 4.39 Å². The highest BCUT2D eigenvalue weighted by Gasteiger charge is 2.22. The van der Waals surface area contributed by atoms with Gasteiger partial charge in [0.1, 0.15) is 0 Å². The molecule has 0 radical (unpaired) electrons. The van der Waals surface area contributed by atoms with Crippen LogP contribution in [0.15, 0.2) is 22.7 Å². The number of carbonyl (C=O) groups excluding carboxylic acids is 1. The first-order valence-corrected chi connectivity index (χ1v) is 7.73. The van der Waals surface area contributed by atoms with Crippen molar-refractivity contribution < 1.29 is 13.9 Å². The van der Waals surface area contributed by atoms with Gasteiger partial charge in [-0.2, -0.15) is 0 Å². The van der Waals surface area contributed by atoms with Crippen molar-refractivity contribution in [3.63, 3.8) is 0 Å². The third-order valence-electron chi connectivity index (χ3n) is 3.71. The van der Waals surface area contributed by atoms with Gasteiger partial charge in [0.15, 0.2) is 18.2 Å². The molecule has 2 unspecified atom stereocenters. The van der Waals surface area contributed by atoms with Crippen molar-refractivity contribution >= 4 is 21.8 Å². The average molecular weight is 344 g/mol. The zero-order valence-corrected chi connectivity index (χ0v) is 13.1. The molecule has 0 aliphatic heterocycles. The summed E-state index contributed by atoms with van der Waals surface area (Å²) < 4.78 is 19.4. The molecular weight excluding hydrogens is 325 g/mol. The largest absolute Gasteiger partial charge is 0.481 e. The highest BCUT2D eigenvalue weighted by atomic mass is 79.9. The number of benzene rings is 1. The lowest BCUT2D eigenvalue weighted by atomic mass is 9.86. The first-order chi connectivity index (χ1) is 9.56. The van der Waals surface area contributed by atoms with Crippen LogP contribution in [0.5, 0.6) is 5.75 Å². The molecule has 20 heavy (non-hydrogen) atoms. The molecule has 0 saturated heterocycles. The van der Waals surface area contributed by atoms with E-state index in [1.807, 2.05) is 0 Å². The molecule has 3 nitrogen and oxygen atoms in total.